The number of halogens is 3. The maximum atomic E-state index is 13.1. The third-order valence-electron chi connectivity index (χ3n) is 2.43. The minimum atomic E-state index is -0.658. The van der Waals surface area contributed by atoms with E-state index in [0.717, 1.165) is 5.56 Å². The van der Waals surface area contributed by atoms with Gasteiger partial charge in [0.15, 0.2) is 11.6 Å². The summed E-state index contributed by atoms with van der Waals surface area (Å²) in [4.78, 5) is 0. The van der Waals surface area contributed by atoms with Crippen molar-refractivity contribution in [2.45, 2.75) is 6.54 Å². The van der Waals surface area contributed by atoms with Gasteiger partial charge in [-0.15, -0.1) is 0 Å². The third kappa shape index (κ3) is 3.06. The number of phenols is 1. The molecule has 2 nitrogen and oxygen atoms in total. The van der Waals surface area contributed by atoms with Crippen LogP contribution in [0.5, 0.6) is 5.75 Å². The number of phenolic OH excluding ortho intramolecular Hbond substituents is 1. The van der Waals surface area contributed by atoms with Crippen LogP contribution in [0.25, 0.3) is 0 Å². The molecule has 0 aliphatic heterocycles. The van der Waals surface area contributed by atoms with E-state index in [1.165, 1.54) is 12.1 Å². The summed E-state index contributed by atoms with van der Waals surface area (Å²) in [5, 5.41) is 13.1. The lowest BCUT2D eigenvalue weighted by atomic mass is 10.2. The molecule has 0 unspecified atom stereocenters. The zero-order chi connectivity index (χ0) is 13.1. The average Bonchev–Trinajstić information content (AvgIpc) is 2.35. The van der Waals surface area contributed by atoms with Crippen molar-refractivity contribution in [1.82, 2.24) is 0 Å². The Labute approximate surface area is 114 Å². The van der Waals surface area contributed by atoms with E-state index >= 15 is 0 Å². The first-order valence-electron chi connectivity index (χ1n) is 5.22. The van der Waals surface area contributed by atoms with E-state index in [4.69, 9.17) is 28.3 Å². The molecule has 2 rings (SSSR count). The summed E-state index contributed by atoms with van der Waals surface area (Å²) < 4.78 is 13.1. The summed E-state index contributed by atoms with van der Waals surface area (Å²) in [6.07, 6.45) is 0. The van der Waals surface area contributed by atoms with Gasteiger partial charge in [-0.05, 0) is 29.8 Å². The maximum absolute atomic E-state index is 13.1. The summed E-state index contributed by atoms with van der Waals surface area (Å²) in [6.45, 7) is 0.487. The molecular weight excluding hydrogens is 276 g/mol. The summed E-state index contributed by atoms with van der Waals surface area (Å²) in [5.41, 5.74) is 1.51. The van der Waals surface area contributed by atoms with Gasteiger partial charge in [0.2, 0.25) is 0 Å². The van der Waals surface area contributed by atoms with E-state index in [-0.39, 0.29) is 5.75 Å². The molecule has 0 saturated carbocycles. The largest absolute Gasteiger partial charge is 0.505 e. The fourth-order valence-electron chi connectivity index (χ4n) is 1.47. The molecule has 0 heterocycles. The van der Waals surface area contributed by atoms with Gasteiger partial charge in [-0.2, -0.15) is 0 Å². The molecular formula is C13H10Cl2FNO. The molecule has 0 spiro atoms. The predicted octanol–water partition coefficient (Wildman–Crippen LogP) is 4.45. The van der Waals surface area contributed by atoms with Gasteiger partial charge in [-0.25, -0.2) is 4.39 Å². The molecule has 18 heavy (non-hydrogen) atoms. The van der Waals surface area contributed by atoms with Crippen LogP contribution in [0.2, 0.25) is 10.0 Å². The van der Waals surface area contributed by atoms with Crippen LogP contribution in [0.4, 0.5) is 10.1 Å². The molecule has 94 valence electrons. The Bertz CT molecular complexity index is 523. The molecule has 2 aromatic rings. The second-order valence-corrected chi connectivity index (χ2v) is 4.58. The summed E-state index contributed by atoms with van der Waals surface area (Å²) in [6, 6.07) is 9.40. The second-order valence-electron chi connectivity index (χ2n) is 3.77. The van der Waals surface area contributed by atoms with E-state index in [1.807, 2.05) is 6.07 Å². The van der Waals surface area contributed by atoms with Crippen molar-refractivity contribution in [3.05, 3.63) is 57.8 Å². The van der Waals surface area contributed by atoms with Gasteiger partial charge in [-0.1, -0.05) is 29.3 Å². The molecule has 0 bridgehead atoms. The number of hydrogen-bond donors (Lipinski definition) is 2. The number of hydrogen-bond acceptors (Lipinski definition) is 2. The normalized spacial score (nSPS) is 10.4. The van der Waals surface area contributed by atoms with Crippen LogP contribution in [-0.4, -0.2) is 5.11 Å². The van der Waals surface area contributed by atoms with Crippen molar-refractivity contribution in [2.75, 3.05) is 5.32 Å². The van der Waals surface area contributed by atoms with E-state index in [2.05, 4.69) is 5.32 Å². The first kappa shape index (κ1) is 13.0. The number of anilines is 1. The van der Waals surface area contributed by atoms with Gasteiger partial charge in [0.05, 0.1) is 10.0 Å². The van der Waals surface area contributed by atoms with Crippen molar-refractivity contribution < 1.29 is 9.50 Å². The van der Waals surface area contributed by atoms with Crippen LogP contribution in [0, 0.1) is 5.82 Å². The topological polar surface area (TPSA) is 32.3 Å². The molecule has 0 aromatic heterocycles. The Morgan fingerprint density at radius 2 is 1.83 bits per heavy atom. The Balaban J connectivity index is 2.06. The standard InChI is InChI=1S/C13H10Cl2FNO/c14-10-3-1-8(5-11(10)15)7-17-9-2-4-13(18)12(16)6-9/h1-6,17-18H,7H2. The van der Waals surface area contributed by atoms with E-state index in [0.29, 0.717) is 22.3 Å². The highest BCUT2D eigenvalue weighted by Crippen LogP contribution is 2.24. The summed E-state index contributed by atoms with van der Waals surface area (Å²) in [7, 11) is 0. The highest BCUT2D eigenvalue weighted by Gasteiger charge is 2.02. The highest BCUT2D eigenvalue weighted by molar-refractivity contribution is 6.42. The average molecular weight is 286 g/mol. The first-order valence-corrected chi connectivity index (χ1v) is 5.98. The lowest BCUT2D eigenvalue weighted by Gasteiger charge is -2.08. The smallest absolute Gasteiger partial charge is 0.166 e. The van der Waals surface area contributed by atoms with Crippen molar-refractivity contribution in [3.63, 3.8) is 0 Å². The molecule has 0 fully saturated rings. The van der Waals surface area contributed by atoms with Gasteiger partial charge < -0.3 is 10.4 Å². The minimum Gasteiger partial charge on any atom is -0.505 e. The second kappa shape index (κ2) is 5.46. The van der Waals surface area contributed by atoms with E-state index in [1.54, 1.807) is 18.2 Å². The van der Waals surface area contributed by atoms with Gasteiger partial charge in [0, 0.05) is 18.3 Å². The SMILES string of the molecule is Oc1ccc(NCc2ccc(Cl)c(Cl)c2)cc1F. The Morgan fingerprint density at radius 1 is 1.06 bits per heavy atom. The minimum absolute atomic E-state index is 0.366. The first-order chi connectivity index (χ1) is 8.56. The third-order valence-corrected chi connectivity index (χ3v) is 3.17. The van der Waals surface area contributed by atoms with Gasteiger partial charge in [-0.3, -0.25) is 0 Å². The predicted molar refractivity (Wildman–Crippen MR) is 71.9 cm³/mol. The fourth-order valence-corrected chi connectivity index (χ4v) is 1.79. The monoisotopic (exact) mass is 285 g/mol. The lowest BCUT2D eigenvalue weighted by molar-refractivity contribution is 0.432. The zero-order valence-electron chi connectivity index (χ0n) is 9.25. The Morgan fingerprint density at radius 3 is 2.50 bits per heavy atom. The van der Waals surface area contributed by atoms with Crippen molar-refractivity contribution >= 4 is 28.9 Å². The lowest BCUT2D eigenvalue weighted by Crippen LogP contribution is -1.99. The number of nitrogens with one attached hydrogen (secondary N) is 1. The van der Waals surface area contributed by atoms with Crippen molar-refractivity contribution in [2.24, 2.45) is 0 Å². The van der Waals surface area contributed by atoms with Crippen LogP contribution in [0.15, 0.2) is 36.4 Å². The zero-order valence-corrected chi connectivity index (χ0v) is 10.8. The van der Waals surface area contributed by atoms with Crippen molar-refractivity contribution in [3.8, 4) is 5.75 Å². The van der Waals surface area contributed by atoms with Gasteiger partial charge in [0.25, 0.3) is 0 Å². The van der Waals surface area contributed by atoms with Crippen LogP contribution in [0.3, 0.4) is 0 Å². The molecule has 2 aromatic carbocycles. The number of aromatic hydroxyl groups is 1. The Kier molecular flexibility index (Phi) is 3.94. The van der Waals surface area contributed by atoms with E-state index < -0.39 is 5.82 Å². The number of rotatable bonds is 3. The molecule has 0 aliphatic rings. The van der Waals surface area contributed by atoms with Gasteiger partial charge in [0.1, 0.15) is 0 Å². The highest BCUT2D eigenvalue weighted by atomic mass is 35.5. The molecule has 0 atom stereocenters. The molecule has 2 N–H and O–H groups in total. The van der Waals surface area contributed by atoms with E-state index in [9.17, 15) is 4.39 Å². The molecule has 0 aliphatic carbocycles. The number of benzene rings is 2. The summed E-state index contributed by atoms with van der Waals surface area (Å²) in [5.74, 6) is -1.02. The van der Waals surface area contributed by atoms with Crippen LogP contribution in [-0.2, 0) is 6.54 Å². The molecule has 0 radical (unpaired) electrons. The molecule has 5 heteroatoms. The summed E-state index contributed by atoms with van der Waals surface area (Å²) >= 11 is 11.7. The van der Waals surface area contributed by atoms with Crippen LogP contribution >= 0.6 is 23.2 Å². The molecule has 0 amide bonds. The Hall–Kier alpha value is -1.45. The quantitative estimate of drug-likeness (QED) is 0.817. The maximum Gasteiger partial charge on any atom is 0.166 e. The van der Waals surface area contributed by atoms with Crippen LogP contribution in [0.1, 0.15) is 5.56 Å². The van der Waals surface area contributed by atoms with Gasteiger partial charge >= 0.3 is 0 Å². The van der Waals surface area contributed by atoms with Crippen LogP contribution < -0.4 is 5.32 Å². The fraction of sp³-hybridized carbons (Fsp3) is 0.0769. The molecule has 0 saturated heterocycles. The van der Waals surface area contributed by atoms with Crippen molar-refractivity contribution in [1.29, 1.82) is 0 Å².